The minimum atomic E-state index is -0.433. The standard InChI is InChI=1S/C22H20N6O3/c1-27-20-18(21(30)28(2)22(27)31)25-19(26-20)16-8-5-14(6-9-16)7-10-17(29)24-13-15-4-3-11-23-12-15/h3-12H,13H2,1-2H3,(H,24,29)(H,25,26)/b10-7+. The number of H-pyrrole nitrogens is 1. The summed E-state index contributed by atoms with van der Waals surface area (Å²) < 4.78 is 2.37. The van der Waals surface area contributed by atoms with Gasteiger partial charge in [-0.1, -0.05) is 30.3 Å². The van der Waals surface area contributed by atoms with Crippen molar-refractivity contribution < 1.29 is 4.79 Å². The Kier molecular flexibility index (Phi) is 5.31. The van der Waals surface area contributed by atoms with Gasteiger partial charge in [0.15, 0.2) is 5.65 Å². The minimum Gasteiger partial charge on any atom is -0.348 e. The molecule has 1 amide bonds. The second kappa shape index (κ2) is 8.23. The molecule has 1 aromatic carbocycles. The van der Waals surface area contributed by atoms with Crippen molar-refractivity contribution in [2.24, 2.45) is 14.1 Å². The lowest BCUT2D eigenvalue weighted by molar-refractivity contribution is -0.116. The van der Waals surface area contributed by atoms with Gasteiger partial charge in [0.1, 0.15) is 11.3 Å². The second-order valence-corrected chi connectivity index (χ2v) is 7.02. The van der Waals surface area contributed by atoms with Gasteiger partial charge in [-0.3, -0.25) is 23.7 Å². The Morgan fingerprint density at radius 1 is 1.13 bits per heavy atom. The Morgan fingerprint density at radius 3 is 2.61 bits per heavy atom. The van der Waals surface area contributed by atoms with Gasteiger partial charge in [-0.25, -0.2) is 9.78 Å². The summed E-state index contributed by atoms with van der Waals surface area (Å²) in [5, 5.41) is 2.80. The van der Waals surface area contributed by atoms with E-state index in [0.29, 0.717) is 18.0 Å². The van der Waals surface area contributed by atoms with Gasteiger partial charge in [0, 0.05) is 44.7 Å². The predicted molar refractivity (Wildman–Crippen MR) is 117 cm³/mol. The van der Waals surface area contributed by atoms with E-state index in [4.69, 9.17) is 0 Å². The van der Waals surface area contributed by atoms with E-state index in [-0.39, 0.29) is 11.4 Å². The highest BCUT2D eigenvalue weighted by Gasteiger charge is 2.14. The molecule has 31 heavy (non-hydrogen) atoms. The van der Waals surface area contributed by atoms with Crippen LogP contribution in [0.25, 0.3) is 28.6 Å². The molecule has 156 valence electrons. The van der Waals surface area contributed by atoms with Crippen LogP contribution < -0.4 is 16.6 Å². The first-order valence-corrected chi connectivity index (χ1v) is 9.55. The molecule has 2 N–H and O–H groups in total. The monoisotopic (exact) mass is 416 g/mol. The van der Waals surface area contributed by atoms with E-state index in [2.05, 4.69) is 20.3 Å². The second-order valence-electron chi connectivity index (χ2n) is 7.02. The molecule has 0 spiro atoms. The lowest BCUT2D eigenvalue weighted by Gasteiger charge is -2.01. The van der Waals surface area contributed by atoms with E-state index in [0.717, 1.165) is 21.3 Å². The fraction of sp³-hybridized carbons (Fsp3) is 0.136. The predicted octanol–water partition coefficient (Wildman–Crippen LogP) is 1.35. The normalized spacial score (nSPS) is 11.3. The molecule has 9 heteroatoms. The first-order chi connectivity index (χ1) is 14.9. The molecule has 4 rings (SSSR count). The van der Waals surface area contributed by atoms with E-state index in [1.54, 1.807) is 25.5 Å². The Hall–Kier alpha value is -4.27. The first kappa shape index (κ1) is 20.0. The molecule has 0 atom stereocenters. The van der Waals surface area contributed by atoms with Crippen molar-refractivity contribution >= 4 is 23.1 Å². The van der Waals surface area contributed by atoms with Crippen LogP contribution in [0.2, 0.25) is 0 Å². The van der Waals surface area contributed by atoms with Gasteiger partial charge in [0.05, 0.1) is 0 Å². The number of pyridine rings is 1. The van der Waals surface area contributed by atoms with Crippen molar-refractivity contribution in [3.63, 3.8) is 0 Å². The number of fused-ring (bicyclic) bond motifs is 1. The molecule has 9 nitrogen and oxygen atoms in total. The zero-order valence-electron chi connectivity index (χ0n) is 17.0. The maximum absolute atomic E-state index is 12.3. The summed E-state index contributed by atoms with van der Waals surface area (Å²) in [5.41, 5.74) is 2.23. The highest BCUT2D eigenvalue weighted by Crippen LogP contribution is 2.19. The van der Waals surface area contributed by atoms with E-state index < -0.39 is 11.2 Å². The molecular formula is C22H20N6O3. The van der Waals surface area contributed by atoms with Crippen LogP contribution in [0.15, 0.2) is 64.5 Å². The summed E-state index contributed by atoms with van der Waals surface area (Å²) in [4.78, 5) is 47.8. The van der Waals surface area contributed by atoms with Crippen LogP contribution in [0.5, 0.6) is 0 Å². The summed E-state index contributed by atoms with van der Waals surface area (Å²) in [6, 6.07) is 11.0. The van der Waals surface area contributed by atoms with Gasteiger partial charge in [-0.15, -0.1) is 0 Å². The maximum Gasteiger partial charge on any atom is 0.332 e. The van der Waals surface area contributed by atoms with Crippen LogP contribution in [-0.4, -0.2) is 30.0 Å². The van der Waals surface area contributed by atoms with E-state index in [1.165, 1.54) is 17.7 Å². The molecule has 3 heterocycles. The molecule has 0 radical (unpaired) electrons. The SMILES string of the molecule is Cn1c(=O)c2[nH]c(-c3ccc(/C=C/C(=O)NCc4cccnc4)cc3)nc2n(C)c1=O. The summed E-state index contributed by atoms with van der Waals surface area (Å²) in [6.07, 6.45) is 6.56. The number of amides is 1. The summed E-state index contributed by atoms with van der Waals surface area (Å²) >= 11 is 0. The quantitative estimate of drug-likeness (QED) is 0.477. The van der Waals surface area contributed by atoms with Crippen molar-refractivity contribution in [2.45, 2.75) is 6.54 Å². The maximum atomic E-state index is 12.3. The fourth-order valence-corrected chi connectivity index (χ4v) is 3.14. The lowest BCUT2D eigenvalue weighted by atomic mass is 10.1. The Bertz CT molecular complexity index is 1400. The highest BCUT2D eigenvalue weighted by molar-refractivity contribution is 5.91. The van der Waals surface area contributed by atoms with Crippen LogP contribution in [0, 0.1) is 0 Å². The topological polar surface area (TPSA) is 115 Å². The van der Waals surface area contributed by atoms with Gasteiger partial charge in [0.2, 0.25) is 5.91 Å². The number of aryl methyl sites for hydroxylation is 1. The number of hydrogen-bond acceptors (Lipinski definition) is 5. The summed E-state index contributed by atoms with van der Waals surface area (Å²) in [6.45, 7) is 0.407. The van der Waals surface area contributed by atoms with Crippen LogP contribution in [0.3, 0.4) is 0 Å². The first-order valence-electron chi connectivity index (χ1n) is 9.55. The number of aromatic nitrogens is 5. The van der Waals surface area contributed by atoms with Crippen molar-refractivity contribution in [1.82, 2.24) is 29.4 Å². The highest BCUT2D eigenvalue weighted by atomic mass is 16.2. The molecule has 0 fully saturated rings. The van der Waals surface area contributed by atoms with Crippen LogP contribution >= 0.6 is 0 Å². The average molecular weight is 416 g/mol. The van der Waals surface area contributed by atoms with E-state index >= 15 is 0 Å². The van der Waals surface area contributed by atoms with Gasteiger partial charge in [-0.05, 0) is 23.3 Å². The van der Waals surface area contributed by atoms with Crippen LogP contribution in [0.4, 0.5) is 0 Å². The number of nitrogens with one attached hydrogen (secondary N) is 2. The van der Waals surface area contributed by atoms with E-state index in [1.807, 2.05) is 36.4 Å². The summed E-state index contributed by atoms with van der Waals surface area (Å²) in [5.74, 6) is 0.278. The minimum absolute atomic E-state index is 0.207. The third-order valence-corrected chi connectivity index (χ3v) is 4.90. The van der Waals surface area contributed by atoms with Crippen molar-refractivity contribution in [1.29, 1.82) is 0 Å². The third-order valence-electron chi connectivity index (χ3n) is 4.90. The molecule has 0 unspecified atom stereocenters. The van der Waals surface area contributed by atoms with Crippen molar-refractivity contribution in [3.05, 3.63) is 86.8 Å². The van der Waals surface area contributed by atoms with Gasteiger partial charge >= 0.3 is 5.69 Å². The average Bonchev–Trinajstić information content (AvgIpc) is 3.25. The number of aromatic amines is 1. The van der Waals surface area contributed by atoms with Gasteiger partial charge in [0.25, 0.3) is 5.56 Å². The summed E-state index contributed by atoms with van der Waals surface area (Å²) in [7, 11) is 3.00. The smallest absolute Gasteiger partial charge is 0.332 e. The number of carbonyl (C=O) groups excluding carboxylic acids is 1. The molecule has 4 aromatic rings. The van der Waals surface area contributed by atoms with Gasteiger partial charge in [-0.2, -0.15) is 0 Å². The number of carbonyl (C=O) groups is 1. The molecule has 0 saturated carbocycles. The Balaban J connectivity index is 1.49. The molecule has 0 aliphatic heterocycles. The van der Waals surface area contributed by atoms with Crippen LogP contribution in [-0.2, 0) is 25.4 Å². The van der Waals surface area contributed by atoms with Crippen molar-refractivity contribution in [3.8, 4) is 11.4 Å². The van der Waals surface area contributed by atoms with Gasteiger partial charge < -0.3 is 10.3 Å². The number of imidazole rings is 1. The number of rotatable bonds is 5. The van der Waals surface area contributed by atoms with E-state index in [9.17, 15) is 14.4 Å². The van der Waals surface area contributed by atoms with Crippen molar-refractivity contribution in [2.75, 3.05) is 0 Å². The molecule has 0 aliphatic rings. The molecule has 0 bridgehead atoms. The lowest BCUT2D eigenvalue weighted by Crippen LogP contribution is -2.36. The number of nitrogens with zero attached hydrogens (tertiary/aromatic N) is 4. The largest absolute Gasteiger partial charge is 0.348 e. The molecule has 3 aromatic heterocycles. The Morgan fingerprint density at radius 2 is 1.90 bits per heavy atom. The van der Waals surface area contributed by atoms with Crippen LogP contribution in [0.1, 0.15) is 11.1 Å². The number of benzene rings is 1. The third kappa shape index (κ3) is 4.06. The Labute approximate surface area is 176 Å². The number of hydrogen-bond donors (Lipinski definition) is 2. The fourth-order valence-electron chi connectivity index (χ4n) is 3.14. The molecule has 0 aliphatic carbocycles. The zero-order valence-corrected chi connectivity index (χ0v) is 17.0. The molecular weight excluding hydrogens is 396 g/mol. The zero-order chi connectivity index (χ0) is 22.0. The molecule has 0 saturated heterocycles.